The molecule has 2 aliphatic carbocycles. The van der Waals surface area contributed by atoms with Crippen LogP contribution in [0.2, 0.25) is 0 Å². The molecule has 6 heteroatoms. The maximum Gasteiger partial charge on any atom is 0.142 e. The highest BCUT2D eigenvalue weighted by atomic mass is 31.1. The Hall–Kier alpha value is -9.15. The Bertz CT molecular complexity index is 4230. The zero-order valence-corrected chi connectivity index (χ0v) is 51.2. The van der Waals surface area contributed by atoms with Gasteiger partial charge in [0, 0.05) is 80.7 Å². The Morgan fingerprint density at radius 1 is 0.306 bits per heavy atom. The van der Waals surface area contributed by atoms with E-state index in [1.807, 2.05) is 0 Å². The van der Waals surface area contributed by atoms with Gasteiger partial charge in [0.05, 0.1) is 33.4 Å². The van der Waals surface area contributed by atoms with E-state index >= 15 is 0 Å². The molecule has 5 aliphatic rings. The minimum Gasteiger partial charge on any atom is -0.455 e. The number of ether oxygens (including phenoxy) is 1. The Labute approximate surface area is 501 Å². The van der Waals surface area contributed by atoms with Gasteiger partial charge in [-0.05, 0) is 209 Å². The third-order valence-electron chi connectivity index (χ3n) is 19.0. The predicted octanol–water partition coefficient (Wildman–Crippen LogP) is 20.8. The van der Waals surface area contributed by atoms with Crippen molar-refractivity contribution in [3.63, 3.8) is 0 Å². The van der Waals surface area contributed by atoms with Gasteiger partial charge >= 0.3 is 0 Å². The Balaban J connectivity index is 0.961. The molecule has 0 bridgehead atoms. The summed E-state index contributed by atoms with van der Waals surface area (Å²) in [4.78, 5) is 9.99. The Morgan fingerprint density at radius 2 is 0.600 bits per heavy atom. The lowest BCUT2D eigenvalue weighted by Gasteiger charge is -2.49. The lowest BCUT2D eigenvalue weighted by molar-refractivity contribution is 0.455. The summed E-state index contributed by atoms with van der Waals surface area (Å²) in [5.41, 5.74) is 31.7. The second-order valence-electron chi connectivity index (χ2n) is 25.6. The van der Waals surface area contributed by atoms with Crippen LogP contribution in [-0.2, 0) is 10.8 Å². The number of fused-ring (bicyclic) bond motifs is 8. The summed E-state index contributed by atoms with van der Waals surface area (Å²) in [6.07, 6.45) is 0. The molecule has 0 saturated heterocycles. The maximum absolute atomic E-state index is 8.32. The molecule has 3 heterocycles. The van der Waals surface area contributed by atoms with Gasteiger partial charge in [-0.15, -0.1) is 0 Å². The van der Waals surface area contributed by atoms with Gasteiger partial charge in [-0.2, -0.15) is 0 Å². The van der Waals surface area contributed by atoms with Crippen molar-refractivity contribution < 1.29 is 4.74 Å². The van der Waals surface area contributed by atoms with Crippen LogP contribution < -0.4 is 40.3 Å². The first kappa shape index (κ1) is 51.5. The number of nitrogens with zero attached hydrogens (tertiary/aromatic N) is 4. The second kappa shape index (κ2) is 18.4. The average molecular weight is 1120 g/mol. The Kier molecular flexibility index (Phi) is 11.2. The highest BCUT2D eigenvalue weighted by Gasteiger charge is 2.53. The molecule has 0 unspecified atom stereocenters. The lowest BCUT2D eigenvalue weighted by atomic mass is 9.80. The fraction of sp³-hybridized carbons (Fsp3) is 0.165. The molecule has 5 nitrogen and oxygen atoms in total. The van der Waals surface area contributed by atoms with Crippen LogP contribution in [0, 0.1) is 48.5 Å². The number of rotatable bonds is 8. The summed E-state index contributed by atoms with van der Waals surface area (Å²) >= 11 is 0. The second-order valence-corrected chi connectivity index (χ2v) is 27.7. The first-order valence-electron chi connectivity index (χ1n) is 30.0. The Morgan fingerprint density at radius 3 is 0.929 bits per heavy atom. The third-order valence-corrected chi connectivity index (χ3v) is 21.6. The van der Waals surface area contributed by atoms with Crippen LogP contribution in [-0.4, -0.2) is 0 Å². The van der Waals surface area contributed by atoms with E-state index in [9.17, 15) is 0 Å². The molecule has 16 rings (SSSR count). The molecule has 414 valence electrons. The van der Waals surface area contributed by atoms with Crippen LogP contribution in [0.25, 0.3) is 22.3 Å². The smallest absolute Gasteiger partial charge is 0.142 e. The molecule has 85 heavy (non-hydrogen) atoms. The fourth-order valence-corrected chi connectivity index (χ4v) is 17.6. The van der Waals surface area contributed by atoms with Crippen molar-refractivity contribution in [3.05, 3.63) is 267 Å². The number of hydrogen-bond acceptors (Lipinski definition) is 5. The summed E-state index contributed by atoms with van der Waals surface area (Å²) in [6.45, 7) is 25.1. The zero-order valence-electron chi connectivity index (χ0n) is 50.3. The molecular weight excluding hydrogens is 1050 g/mol. The normalized spacial score (nSPS) is 14.7. The molecule has 0 atom stereocenters. The molecular formula is C79H67N4OP. The minimum absolute atomic E-state index is 0.456. The number of hydrogen-bond donors (Lipinski definition) is 0. The van der Waals surface area contributed by atoms with Crippen molar-refractivity contribution in [2.24, 2.45) is 0 Å². The van der Waals surface area contributed by atoms with Crippen LogP contribution in [0.5, 0.6) is 11.5 Å². The van der Waals surface area contributed by atoms with Crippen LogP contribution in [0.15, 0.2) is 206 Å². The first-order chi connectivity index (χ1) is 41.0. The third kappa shape index (κ3) is 7.58. The first-order valence-corrected chi connectivity index (χ1v) is 31.3. The SMILES string of the molecule is Cc1ccc(N(c2ccc(C)cc2)c2ccc3c(c2)C(C)(C)c2c-3cc3c4c2Oc2c5c(cc6c2C(C)(C)c2cc(N(c7ccc(C)cc7)c7ccc(C)cc7)ccc2-6)N(c2ccc(C)cc2)c2cc(C)cc(c2P45)N3c2ccc(C)cc2)cc1. The van der Waals surface area contributed by atoms with E-state index in [2.05, 4.69) is 302 Å². The van der Waals surface area contributed by atoms with E-state index in [1.54, 1.807) is 0 Å². The van der Waals surface area contributed by atoms with Gasteiger partial charge in [0.25, 0.3) is 0 Å². The van der Waals surface area contributed by atoms with Crippen LogP contribution in [0.4, 0.5) is 68.2 Å². The van der Waals surface area contributed by atoms with Crippen molar-refractivity contribution in [2.75, 3.05) is 19.6 Å². The largest absolute Gasteiger partial charge is 0.455 e. The average Bonchev–Trinajstić information content (AvgIpc) is 1.67. The van der Waals surface area contributed by atoms with Gasteiger partial charge in [-0.1, -0.05) is 146 Å². The summed E-state index contributed by atoms with van der Waals surface area (Å²) < 4.78 is 8.32. The highest BCUT2D eigenvalue weighted by Crippen LogP contribution is 2.69. The van der Waals surface area contributed by atoms with E-state index in [1.165, 1.54) is 122 Å². The molecule has 11 aromatic carbocycles. The van der Waals surface area contributed by atoms with Crippen molar-refractivity contribution >= 4 is 92.1 Å². The summed E-state index contributed by atoms with van der Waals surface area (Å²) in [5.74, 6) is 2.02. The molecule has 11 aromatic rings. The van der Waals surface area contributed by atoms with Crippen molar-refractivity contribution in [2.45, 2.75) is 87.0 Å². The van der Waals surface area contributed by atoms with Gasteiger partial charge in [0.15, 0.2) is 0 Å². The van der Waals surface area contributed by atoms with E-state index in [0.717, 1.165) is 57.0 Å². The monoisotopic (exact) mass is 1120 g/mol. The zero-order chi connectivity index (χ0) is 58.1. The van der Waals surface area contributed by atoms with Gasteiger partial charge < -0.3 is 24.3 Å². The van der Waals surface area contributed by atoms with Gasteiger partial charge in [-0.3, -0.25) is 0 Å². The van der Waals surface area contributed by atoms with Gasteiger partial charge in [0.2, 0.25) is 0 Å². The molecule has 0 spiro atoms. The summed E-state index contributed by atoms with van der Waals surface area (Å²) in [6, 6.07) is 78.5. The molecule has 0 radical (unpaired) electrons. The van der Waals surface area contributed by atoms with Crippen LogP contribution in [0.3, 0.4) is 0 Å². The number of anilines is 12. The van der Waals surface area contributed by atoms with E-state index in [4.69, 9.17) is 4.74 Å². The fourth-order valence-electron chi connectivity index (χ4n) is 14.6. The topological polar surface area (TPSA) is 22.2 Å². The molecule has 0 N–H and O–H groups in total. The number of benzene rings is 11. The van der Waals surface area contributed by atoms with Gasteiger partial charge in [0.1, 0.15) is 11.5 Å². The van der Waals surface area contributed by atoms with E-state index in [-0.39, 0.29) is 0 Å². The van der Waals surface area contributed by atoms with Crippen LogP contribution >= 0.6 is 7.92 Å². The van der Waals surface area contributed by atoms with Crippen LogP contribution in [0.1, 0.15) is 88.9 Å². The summed E-state index contributed by atoms with van der Waals surface area (Å²) in [5, 5.41) is 3.97. The van der Waals surface area contributed by atoms with Gasteiger partial charge in [-0.25, -0.2) is 0 Å². The quantitative estimate of drug-likeness (QED) is 0.141. The lowest BCUT2D eigenvalue weighted by Crippen LogP contribution is -2.44. The van der Waals surface area contributed by atoms with Crippen molar-refractivity contribution in [3.8, 4) is 33.8 Å². The molecule has 3 aliphatic heterocycles. The van der Waals surface area contributed by atoms with E-state index < -0.39 is 18.8 Å². The highest BCUT2D eigenvalue weighted by molar-refractivity contribution is 7.82. The molecule has 0 saturated carbocycles. The standard InChI is InChI=1S/C79H67N4OP/c1-46-12-24-53(25-13-46)80(54-26-14-47(2)15-27-54)59-36-38-61-63-44-69-76-73(71(63)78(8,9)65(61)42-59)84-74-72-64(62-39-37-60(43-66(62)79(72,10)11)81(55-28-16-48(3)17-29-55)56-30-18-49(4)19-31-56)45-70-77(74)85(76)75-67(82(69)57-32-20-50(5)21-33-57)40-52(7)41-68(75)83(70)58-34-22-51(6)23-35-58/h12-45H,1-11H3. The number of aryl methyl sites for hydroxylation is 7. The summed E-state index contributed by atoms with van der Waals surface area (Å²) in [7, 11) is -1.20. The van der Waals surface area contributed by atoms with E-state index in [0.29, 0.717) is 0 Å². The molecule has 0 amide bonds. The minimum atomic E-state index is -1.20. The molecule has 0 fully saturated rings. The predicted molar refractivity (Wildman–Crippen MR) is 359 cm³/mol. The van der Waals surface area contributed by atoms with Crippen molar-refractivity contribution in [1.29, 1.82) is 0 Å². The van der Waals surface area contributed by atoms with Crippen molar-refractivity contribution in [1.82, 2.24) is 0 Å². The maximum atomic E-state index is 8.32. The molecule has 0 aromatic heterocycles.